The van der Waals surface area contributed by atoms with E-state index in [4.69, 9.17) is 0 Å². The van der Waals surface area contributed by atoms with E-state index in [1.165, 1.54) is 0 Å². The zero-order valence-electron chi connectivity index (χ0n) is 8.33. The normalized spacial score (nSPS) is 42.8. The van der Waals surface area contributed by atoms with E-state index in [1.807, 2.05) is 0 Å². The molecule has 0 spiro atoms. The summed E-state index contributed by atoms with van der Waals surface area (Å²) < 4.78 is 0. The van der Waals surface area contributed by atoms with Crippen LogP contribution in [0.15, 0.2) is 0 Å². The first-order chi connectivity index (χ1) is 5.04. The van der Waals surface area contributed by atoms with Gasteiger partial charge in [0, 0.05) is 12.1 Å². The Morgan fingerprint density at radius 2 is 1.27 bits per heavy atom. The van der Waals surface area contributed by atoms with Crippen molar-refractivity contribution < 1.29 is 0 Å². The van der Waals surface area contributed by atoms with Crippen LogP contribution in [0.1, 0.15) is 20.8 Å². The Balaban J connectivity index is 2.63. The molecule has 2 atom stereocenters. The average molecular weight is 156 g/mol. The SMILES string of the molecule is CC1C(C)N(C)CN(C)C1C. The second-order valence-electron chi connectivity index (χ2n) is 4.00. The Kier molecular flexibility index (Phi) is 2.55. The second-order valence-corrected chi connectivity index (χ2v) is 4.00. The molecule has 66 valence electrons. The highest BCUT2D eigenvalue weighted by Crippen LogP contribution is 2.22. The van der Waals surface area contributed by atoms with Gasteiger partial charge in [-0.3, -0.25) is 9.80 Å². The summed E-state index contributed by atoms with van der Waals surface area (Å²) in [6.07, 6.45) is 0. The van der Waals surface area contributed by atoms with Crippen molar-refractivity contribution in [1.29, 1.82) is 0 Å². The summed E-state index contributed by atoms with van der Waals surface area (Å²) in [4.78, 5) is 4.81. The molecular weight excluding hydrogens is 136 g/mol. The van der Waals surface area contributed by atoms with Crippen molar-refractivity contribution in [2.45, 2.75) is 32.9 Å². The first-order valence-electron chi connectivity index (χ1n) is 4.44. The fourth-order valence-electron chi connectivity index (χ4n) is 1.82. The zero-order chi connectivity index (χ0) is 8.59. The molecule has 1 aliphatic rings. The van der Waals surface area contributed by atoms with E-state index in [0.29, 0.717) is 0 Å². The van der Waals surface area contributed by atoms with Crippen LogP contribution < -0.4 is 0 Å². The maximum atomic E-state index is 2.41. The lowest BCUT2D eigenvalue weighted by atomic mass is 9.92. The van der Waals surface area contributed by atoms with Crippen molar-refractivity contribution in [3.63, 3.8) is 0 Å². The van der Waals surface area contributed by atoms with E-state index in [9.17, 15) is 0 Å². The van der Waals surface area contributed by atoms with Crippen LogP contribution in [-0.4, -0.2) is 42.6 Å². The highest BCUT2D eigenvalue weighted by Gasteiger charge is 2.30. The fraction of sp³-hybridized carbons (Fsp3) is 1.00. The van der Waals surface area contributed by atoms with Crippen LogP contribution in [0.5, 0.6) is 0 Å². The van der Waals surface area contributed by atoms with Gasteiger partial charge in [-0.1, -0.05) is 6.92 Å². The average Bonchev–Trinajstić information content (AvgIpc) is 1.97. The van der Waals surface area contributed by atoms with Gasteiger partial charge in [-0.2, -0.15) is 0 Å². The van der Waals surface area contributed by atoms with Crippen LogP contribution in [0.3, 0.4) is 0 Å². The largest absolute Gasteiger partial charge is 0.291 e. The second kappa shape index (κ2) is 3.11. The minimum atomic E-state index is 0.723. The van der Waals surface area contributed by atoms with Crippen LogP contribution in [0.2, 0.25) is 0 Å². The summed E-state index contributed by atoms with van der Waals surface area (Å²) in [6, 6.07) is 1.45. The van der Waals surface area contributed by atoms with Gasteiger partial charge >= 0.3 is 0 Å². The molecule has 1 saturated heterocycles. The molecule has 2 unspecified atom stereocenters. The number of hydrogen-bond donors (Lipinski definition) is 0. The highest BCUT2D eigenvalue weighted by molar-refractivity contribution is 4.83. The molecule has 0 aromatic rings. The molecule has 0 radical (unpaired) electrons. The summed E-state index contributed by atoms with van der Waals surface area (Å²) in [7, 11) is 4.40. The minimum absolute atomic E-state index is 0.723. The van der Waals surface area contributed by atoms with Crippen LogP contribution in [0, 0.1) is 5.92 Å². The summed E-state index contributed by atoms with van der Waals surface area (Å²) in [5.74, 6) is 0.777. The maximum Gasteiger partial charge on any atom is 0.0505 e. The minimum Gasteiger partial charge on any atom is -0.291 e. The molecule has 0 aromatic heterocycles. The highest BCUT2D eigenvalue weighted by atomic mass is 15.3. The van der Waals surface area contributed by atoms with Crippen LogP contribution in [0.4, 0.5) is 0 Å². The molecule has 1 aliphatic heterocycles. The van der Waals surface area contributed by atoms with Crippen LogP contribution >= 0.6 is 0 Å². The summed E-state index contributed by atoms with van der Waals surface area (Å²) in [5, 5.41) is 0. The maximum absolute atomic E-state index is 2.41. The summed E-state index contributed by atoms with van der Waals surface area (Å²) >= 11 is 0. The lowest BCUT2D eigenvalue weighted by Gasteiger charge is -2.45. The zero-order valence-corrected chi connectivity index (χ0v) is 8.33. The van der Waals surface area contributed by atoms with E-state index in [1.54, 1.807) is 0 Å². The molecule has 0 N–H and O–H groups in total. The molecule has 0 aromatic carbocycles. The quantitative estimate of drug-likeness (QED) is 0.520. The lowest BCUT2D eigenvalue weighted by Crippen LogP contribution is -2.55. The summed E-state index contributed by atoms with van der Waals surface area (Å²) in [5.41, 5.74) is 0. The molecule has 0 amide bonds. The fourth-order valence-corrected chi connectivity index (χ4v) is 1.82. The van der Waals surface area contributed by atoms with Gasteiger partial charge in [0.05, 0.1) is 6.67 Å². The van der Waals surface area contributed by atoms with Gasteiger partial charge in [-0.25, -0.2) is 0 Å². The van der Waals surface area contributed by atoms with Crippen LogP contribution in [-0.2, 0) is 0 Å². The Hall–Kier alpha value is -0.0800. The Morgan fingerprint density at radius 1 is 0.909 bits per heavy atom. The Bertz CT molecular complexity index is 122. The molecule has 0 aliphatic carbocycles. The molecular formula is C9H20N2. The molecule has 1 rings (SSSR count). The van der Waals surface area contributed by atoms with Crippen molar-refractivity contribution in [3.8, 4) is 0 Å². The molecule has 1 heterocycles. The Morgan fingerprint density at radius 3 is 1.64 bits per heavy atom. The molecule has 2 nitrogen and oxygen atoms in total. The van der Waals surface area contributed by atoms with Crippen molar-refractivity contribution in [2.24, 2.45) is 5.92 Å². The molecule has 11 heavy (non-hydrogen) atoms. The van der Waals surface area contributed by atoms with E-state index < -0.39 is 0 Å². The number of nitrogens with zero attached hydrogens (tertiary/aromatic N) is 2. The van der Waals surface area contributed by atoms with Gasteiger partial charge in [0.1, 0.15) is 0 Å². The van der Waals surface area contributed by atoms with Crippen LogP contribution in [0.25, 0.3) is 0 Å². The third-order valence-electron chi connectivity index (χ3n) is 3.36. The van der Waals surface area contributed by atoms with E-state index >= 15 is 0 Å². The number of hydrogen-bond acceptors (Lipinski definition) is 2. The van der Waals surface area contributed by atoms with E-state index in [-0.39, 0.29) is 0 Å². The van der Waals surface area contributed by atoms with Gasteiger partial charge in [0.2, 0.25) is 0 Å². The van der Waals surface area contributed by atoms with Crippen molar-refractivity contribution in [2.75, 3.05) is 20.8 Å². The standard InChI is InChI=1S/C9H20N2/c1-7-8(2)10(4)6-11(5)9(7)3/h7-9H,6H2,1-5H3. The smallest absolute Gasteiger partial charge is 0.0505 e. The molecule has 0 bridgehead atoms. The third kappa shape index (κ3) is 1.57. The number of rotatable bonds is 0. The topological polar surface area (TPSA) is 6.48 Å². The predicted molar refractivity (Wildman–Crippen MR) is 48.5 cm³/mol. The van der Waals surface area contributed by atoms with Gasteiger partial charge < -0.3 is 0 Å². The van der Waals surface area contributed by atoms with Gasteiger partial charge in [-0.15, -0.1) is 0 Å². The first kappa shape index (κ1) is 9.01. The molecule has 2 heteroatoms. The monoisotopic (exact) mass is 156 g/mol. The van der Waals surface area contributed by atoms with Crippen molar-refractivity contribution >= 4 is 0 Å². The van der Waals surface area contributed by atoms with Crippen molar-refractivity contribution in [3.05, 3.63) is 0 Å². The lowest BCUT2D eigenvalue weighted by molar-refractivity contribution is 0.00446. The summed E-state index contributed by atoms with van der Waals surface area (Å²) in [6.45, 7) is 8.07. The van der Waals surface area contributed by atoms with Gasteiger partial charge in [0.15, 0.2) is 0 Å². The van der Waals surface area contributed by atoms with E-state index in [0.717, 1.165) is 24.7 Å². The molecule has 0 saturated carbocycles. The third-order valence-corrected chi connectivity index (χ3v) is 3.36. The van der Waals surface area contributed by atoms with E-state index in [2.05, 4.69) is 44.7 Å². The van der Waals surface area contributed by atoms with Gasteiger partial charge in [0.25, 0.3) is 0 Å². The first-order valence-corrected chi connectivity index (χ1v) is 4.44. The van der Waals surface area contributed by atoms with Crippen molar-refractivity contribution in [1.82, 2.24) is 9.80 Å². The molecule has 1 fully saturated rings. The Labute approximate surface area is 70.2 Å². The predicted octanol–water partition coefficient (Wildman–Crippen LogP) is 1.23. The van der Waals surface area contributed by atoms with Gasteiger partial charge in [-0.05, 0) is 33.9 Å².